The number of rotatable bonds is 3. The van der Waals surface area contributed by atoms with Gasteiger partial charge in [0.05, 0.1) is 6.54 Å². The molecule has 0 saturated carbocycles. The van der Waals surface area contributed by atoms with E-state index in [0.717, 1.165) is 16.7 Å². The molecule has 2 aromatic rings. The number of hydrogen-bond acceptors (Lipinski definition) is 2. The van der Waals surface area contributed by atoms with Crippen molar-refractivity contribution in [3.63, 3.8) is 0 Å². The van der Waals surface area contributed by atoms with Crippen molar-refractivity contribution in [1.29, 1.82) is 0 Å². The lowest BCUT2D eigenvalue weighted by Crippen LogP contribution is -2.29. The number of carbonyl (C=O) groups is 1. The minimum Gasteiger partial charge on any atom is -0.365 e. The van der Waals surface area contributed by atoms with Gasteiger partial charge in [-0.25, -0.2) is 4.39 Å². The molecule has 0 aromatic heterocycles. The van der Waals surface area contributed by atoms with Crippen molar-refractivity contribution in [3.05, 3.63) is 76.7 Å². The summed E-state index contributed by atoms with van der Waals surface area (Å²) in [5, 5.41) is 0.692. The molecule has 22 heavy (non-hydrogen) atoms. The fourth-order valence-corrected chi connectivity index (χ4v) is 2.79. The Hall–Kier alpha value is -2.13. The van der Waals surface area contributed by atoms with E-state index in [1.807, 2.05) is 35.4 Å². The normalized spacial score (nSPS) is 14.9. The van der Waals surface area contributed by atoms with E-state index in [1.165, 1.54) is 12.1 Å². The van der Waals surface area contributed by atoms with Gasteiger partial charge in [-0.05, 0) is 34.9 Å². The van der Waals surface area contributed by atoms with Crippen LogP contribution in [0.25, 0.3) is 5.57 Å². The summed E-state index contributed by atoms with van der Waals surface area (Å²) in [6, 6.07) is 13.8. The molecule has 0 N–H and O–H groups in total. The molecule has 0 atom stereocenters. The van der Waals surface area contributed by atoms with Gasteiger partial charge in [0.1, 0.15) is 5.82 Å². The van der Waals surface area contributed by atoms with Crippen LogP contribution in [-0.4, -0.2) is 17.2 Å². The van der Waals surface area contributed by atoms with Crippen molar-refractivity contribution < 1.29 is 9.18 Å². The minimum atomic E-state index is -0.278. The van der Waals surface area contributed by atoms with Crippen LogP contribution in [-0.2, 0) is 11.3 Å². The van der Waals surface area contributed by atoms with Crippen LogP contribution in [0.3, 0.4) is 0 Å². The maximum atomic E-state index is 13.0. The Bertz CT molecular complexity index is 724. The highest BCUT2D eigenvalue weighted by Gasteiger charge is 2.19. The molecular weight excluding hydrogens is 301 g/mol. The van der Waals surface area contributed by atoms with Crippen LogP contribution in [0.4, 0.5) is 4.39 Å². The summed E-state index contributed by atoms with van der Waals surface area (Å²) in [7, 11) is 0. The lowest BCUT2D eigenvalue weighted by molar-refractivity contribution is -0.119. The molecule has 0 bridgehead atoms. The molecule has 112 valence electrons. The Morgan fingerprint density at radius 3 is 2.55 bits per heavy atom. The zero-order valence-electron chi connectivity index (χ0n) is 11.9. The largest absolute Gasteiger partial charge is 0.365 e. The topological polar surface area (TPSA) is 20.3 Å². The zero-order chi connectivity index (χ0) is 15.5. The number of ketones is 1. The zero-order valence-corrected chi connectivity index (χ0v) is 12.7. The van der Waals surface area contributed by atoms with E-state index < -0.39 is 0 Å². The van der Waals surface area contributed by atoms with Crippen molar-refractivity contribution in [2.45, 2.75) is 13.0 Å². The summed E-state index contributed by atoms with van der Waals surface area (Å²) >= 11 is 6.18. The van der Waals surface area contributed by atoms with Gasteiger partial charge in [-0.2, -0.15) is 0 Å². The van der Waals surface area contributed by atoms with E-state index in [2.05, 4.69) is 0 Å². The second-order valence-corrected chi connectivity index (χ2v) is 5.78. The van der Waals surface area contributed by atoms with Gasteiger partial charge in [0, 0.05) is 24.2 Å². The Labute approximate surface area is 133 Å². The fourth-order valence-electron chi connectivity index (χ4n) is 2.59. The van der Waals surface area contributed by atoms with Crippen LogP contribution in [0, 0.1) is 5.82 Å². The predicted molar refractivity (Wildman–Crippen MR) is 85.9 cm³/mol. The summed E-state index contributed by atoms with van der Waals surface area (Å²) in [4.78, 5) is 14.0. The minimum absolute atomic E-state index is 0.147. The number of hydrogen-bond donors (Lipinski definition) is 0. The highest BCUT2D eigenvalue weighted by molar-refractivity contribution is 6.31. The van der Waals surface area contributed by atoms with Gasteiger partial charge < -0.3 is 4.90 Å². The van der Waals surface area contributed by atoms with Gasteiger partial charge in [0.2, 0.25) is 0 Å². The average Bonchev–Trinajstić information content (AvgIpc) is 2.50. The standard InChI is InChI=1S/C18H15ClFNO/c19-18-4-2-1-3-14(18)10-21-11-15(9-17(22)12-21)13-5-7-16(20)8-6-13/h1-8,11H,9-10,12H2. The van der Waals surface area contributed by atoms with Gasteiger partial charge in [0.15, 0.2) is 5.78 Å². The van der Waals surface area contributed by atoms with Crippen molar-refractivity contribution in [2.75, 3.05) is 6.54 Å². The predicted octanol–water partition coefficient (Wildman–Crippen LogP) is 4.30. The smallest absolute Gasteiger partial charge is 0.156 e. The van der Waals surface area contributed by atoms with Crippen LogP contribution in [0.5, 0.6) is 0 Å². The van der Waals surface area contributed by atoms with Crippen molar-refractivity contribution in [1.82, 2.24) is 4.90 Å². The second kappa shape index (κ2) is 6.32. The van der Waals surface area contributed by atoms with Crippen LogP contribution < -0.4 is 0 Å². The first kappa shape index (κ1) is 14.8. The maximum Gasteiger partial charge on any atom is 0.156 e. The van der Waals surface area contributed by atoms with E-state index in [1.54, 1.807) is 12.1 Å². The van der Waals surface area contributed by atoms with Crippen LogP contribution in [0.2, 0.25) is 5.02 Å². The Morgan fingerprint density at radius 2 is 1.82 bits per heavy atom. The number of benzene rings is 2. The third-order valence-electron chi connectivity index (χ3n) is 3.65. The van der Waals surface area contributed by atoms with Gasteiger partial charge >= 0.3 is 0 Å². The molecule has 0 saturated heterocycles. The summed E-state index contributed by atoms with van der Waals surface area (Å²) in [5.74, 6) is -0.131. The molecule has 2 aromatic carbocycles. The SMILES string of the molecule is O=C1CC(c2ccc(F)cc2)=CN(Cc2ccccc2Cl)C1. The highest BCUT2D eigenvalue weighted by Crippen LogP contribution is 2.25. The number of halogens is 2. The highest BCUT2D eigenvalue weighted by atomic mass is 35.5. The van der Waals surface area contributed by atoms with Gasteiger partial charge in [-0.1, -0.05) is 41.9 Å². The van der Waals surface area contributed by atoms with Crippen LogP contribution >= 0.6 is 11.6 Å². The first-order valence-electron chi connectivity index (χ1n) is 7.07. The first-order valence-corrected chi connectivity index (χ1v) is 7.45. The van der Waals surface area contributed by atoms with Crippen molar-refractivity contribution in [2.24, 2.45) is 0 Å². The van der Waals surface area contributed by atoms with E-state index >= 15 is 0 Å². The molecule has 0 spiro atoms. The molecule has 1 heterocycles. The molecule has 3 rings (SSSR count). The number of carbonyl (C=O) groups excluding carboxylic acids is 1. The van der Waals surface area contributed by atoms with E-state index in [-0.39, 0.29) is 11.6 Å². The van der Waals surface area contributed by atoms with E-state index in [0.29, 0.717) is 24.5 Å². The van der Waals surface area contributed by atoms with Crippen LogP contribution in [0.15, 0.2) is 54.7 Å². The maximum absolute atomic E-state index is 13.0. The second-order valence-electron chi connectivity index (χ2n) is 5.37. The molecule has 0 aliphatic carbocycles. The van der Waals surface area contributed by atoms with Gasteiger partial charge in [-0.3, -0.25) is 4.79 Å². The van der Waals surface area contributed by atoms with Gasteiger partial charge in [0.25, 0.3) is 0 Å². The number of allylic oxidation sites excluding steroid dienone is 1. The summed E-state index contributed by atoms with van der Waals surface area (Å²) in [5.41, 5.74) is 2.76. The van der Waals surface area contributed by atoms with Crippen molar-refractivity contribution in [3.8, 4) is 0 Å². The summed E-state index contributed by atoms with van der Waals surface area (Å²) in [6.07, 6.45) is 2.35. The van der Waals surface area contributed by atoms with E-state index in [9.17, 15) is 9.18 Å². The fraction of sp³-hybridized carbons (Fsp3) is 0.167. The Kier molecular flexibility index (Phi) is 4.25. The molecule has 0 amide bonds. The molecule has 0 unspecified atom stereocenters. The molecule has 4 heteroatoms. The monoisotopic (exact) mass is 315 g/mol. The molecule has 2 nitrogen and oxygen atoms in total. The van der Waals surface area contributed by atoms with Crippen molar-refractivity contribution >= 4 is 23.0 Å². The van der Waals surface area contributed by atoms with E-state index in [4.69, 9.17) is 11.6 Å². The molecule has 0 fully saturated rings. The summed E-state index contributed by atoms with van der Waals surface area (Å²) in [6.45, 7) is 0.950. The average molecular weight is 316 g/mol. The lowest BCUT2D eigenvalue weighted by Gasteiger charge is -2.26. The third-order valence-corrected chi connectivity index (χ3v) is 4.02. The lowest BCUT2D eigenvalue weighted by atomic mass is 9.98. The quantitative estimate of drug-likeness (QED) is 0.842. The first-order chi connectivity index (χ1) is 10.6. The van der Waals surface area contributed by atoms with Crippen LogP contribution in [0.1, 0.15) is 17.5 Å². The summed E-state index contributed by atoms with van der Waals surface area (Å²) < 4.78 is 13.0. The molecular formula is C18H15ClFNO. The number of Topliss-reactive ketones (excluding diaryl/α,β-unsaturated/α-hetero) is 1. The Balaban J connectivity index is 1.85. The Morgan fingerprint density at radius 1 is 1.09 bits per heavy atom. The third kappa shape index (κ3) is 3.37. The molecule has 1 aliphatic heterocycles. The molecule has 0 radical (unpaired) electrons. The molecule has 1 aliphatic rings. The van der Waals surface area contributed by atoms with Gasteiger partial charge in [-0.15, -0.1) is 0 Å². The number of nitrogens with zero attached hydrogens (tertiary/aromatic N) is 1.